The first kappa shape index (κ1) is 13.5. The highest BCUT2D eigenvalue weighted by Crippen LogP contribution is 2.31. The summed E-state index contributed by atoms with van der Waals surface area (Å²) in [5.41, 5.74) is 1.00. The lowest BCUT2D eigenvalue weighted by Crippen LogP contribution is -2.42. The van der Waals surface area contributed by atoms with E-state index >= 15 is 0 Å². The molecule has 0 saturated carbocycles. The first-order valence-corrected chi connectivity index (χ1v) is 7.32. The highest BCUT2D eigenvalue weighted by molar-refractivity contribution is 9.11. The summed E-state index contributed by atoms with van der Waals surface area (Å²) < 4.78 is 0.921. The van der Waals surface area contributed by atoms with E-state index < -0.39 is 12.0 Å². The smallest absolute Gasteiger partial charge is 0.326 e. The number of aryl methyl sites for hydroxylation is 1. The van der Waals surface area contributed by atoms with Crippen LogP contribution in [0.1, 0.15) is 28.6 Å². The van der Waals surface area contributed by atoms with Gasteiger partial charge < -0.3 is 10.0 Å². The van der Waals surface area contributed by atoms with Crippen LogP contribution >= 0.6 is 27.3 Å². The number of carbonyl (C=O) groups excluding carboxylic acids is 1. The SMILES string of the molecule is Cc1cc(C(=O)N2CCC(C)C2C(=O)O)sc1Br. The summed E-state index contributed by atoms with van der Waals surface area (Å²) in [7, 11) is 0. The molecule has 0 radical (unpaired) electrons. The monoisotopic (exact) mass is 331 g/mol. The summed E-state index contributed by atoms with van der Waals surface area (Å²) in [6, 6.07) is 1.11. The average Bonchev–Trinajstić information content (AvgIpc) is 2.82. The number of carboxylic acid groups (broad SMARTS) is 1. The summed E-state index contributed by atoms with van der Waals surface area (Å²) >= 11 is 4.74. The largest absolute Gasteiger partial charge is 0.480 e. The summed E-state index contributed by atoms with van der Waals surface area (Å²) in [5.74, 6) is -1.08. The molecule has 0 bridgehead atoms. The van der Waals surface area contributed by atoms with Gasteiger partial charge in [-0.15, -0.1) is 11.3 Å². The molecule has 1 aromatic rings. The van der Waals surface area contributed by atoms with Crippen LogP contribution in [0.2, 0.25) is 0 Å². The van der Waals surface area contributed by atoms with Crippen LogP contribution < -0.4 is 0 Å². The van der Waals surface area contributed by atoms with E-state index in [-0.39, 0.29) is 11.8 Å². The number of carbonyl (C=O) groups is 2. The Balaban J connectivity index is 2.26. The molecule has 0 aliphatic carbocycles. The summed E-state index contributed by atoms with van der Waals surface area (Å²) in [5, 5.41) is 9.21. The van der Waals surface area contributed by atoms with Crippen LogP contribution in [0, 0.1) is 12.8 Å². The van der Waals surface area contributed by atoms with E-state index in [2.05, 4.69) is 15.9 Å². The number of thiophene rings is 1. The van der Waals surface area contributed by atoms with Gasteiger partial charge >= 0.3 is 5.97 Å². The fourth-order valence-electron chi connectivity index (χ4n) is 2.26. The fourth-order valence-corrected chi connectivity index (χ4v) is 3.75. The van der Waals surface area contributed by atoms with E-state index in [0.29, 0.717) is 11.4 Å². The lowest BCUT2D eigenvalue weighted by atomic mass is 10.0. The Bertz CT molecular complexity index is 480. The Labute approximate surface area is 118 Å². The Morgan fingerprint density at radius 2 is 2.22 bits per heavy atom. The highest BCUT2D eigenvalue weighted by Gasteiger charge is 2.40. The molecule has 2 heterocycles. The van der Waals surface area contributed by atoms with Crippen molar-refractivity contribution in [2.75, 3.05) is 6.54 Å². The number of carboxylic acids is 1. The minimum atomic E-state index is -0.916. The molecule has 1 N–H and O–H groups in total. The molecular weight excluding hydrogens is 318 g/mol. The molecule has 98 valence electrons. The fraction of sp³-hybridized carbons (Fsp3) is 0.500. The number of hydrogen-bond acceptors (Lipinski definition) is 3. The van der Waals surface area contributed by atoms with Gasteiger partial charge in [-0.1, -0.05) is 6.92 Å². The molecular formula is C12H14BrNO3S. The standard InChI is InChI=1S/C12H14BrNO3S/c1-6-3-4-14(9(6)12(16)17)11(15)8-5-7(2)10(13)18-8/h5-6,9H,3-4H2,1-2H3,(H,16,17). The number of rotatable bonds is 2. The number of amides is 1. The quantitative estimate of drug-likeness (QED) is 0.906. The molecule has 18 heavy (non-hydrogen) atoms. The number of nitrogens with zero attached hydrogens (tertiary/aromatic N) is 1. The molecule has 2 rings (SSSR count). The van der Waals surface area contributed by atoms with Crippen molar-refractivity contribution in [3.8, 4) is 0 Å². The van der Waals surface area contributed by atoms with Gasteiger partial charge in [0.1, 0.15) is 6.04 Å². The Hall–Kier alpha value is -0.880. The van der Waals surface area contributed by atoms with Crippen molar-refractivity contribution >= 4 is 39.1 Å². The normalized spacial score (nSPS) is 23.4. The number of aliphatic carboxylic acids is 1. The van der Waals surface area contributed by atoms with Crippen LogP contribution in [0.3, 0.4) is 0 Å². The highest BCUT2D eigenvalue weighted by atomic mass is 79.9. The van der Waals surface area contributed by atoms with Crippen LogP contribution in [0.15, 0.2) is 9.85 Å². The lowest BCUT2D eigenvalue weighted by Gasteiger charge is -2.22. The van der Waals surface area contributed by atoms with Gasteiger partial charge in [0, 0.05) is 6.54 Å². The first-order chi connectivity index (χ1) is 8.41. The summed E-state index contributed by atoms with van der Waals surface area (Å²) in [4.78, 5) is 25.6. The molecule has 0 spiro atoms. The Kier molecular flexibility index (Phi) is 3.77. The van der Waals surface area contributed by atoms with Gasteiger partial charge in [-0.3, -0.25) is 4.79 Å². The molecule has 1 amide bonds. The molecule has 1 aromatic heterocycles. The van der Waals surface area contributed by atoms with Crippen molar-refractivity contribution in [3.63, 3.8) is 0 Å². The lowest BCUT2D eigenvalue weighted by molar-refractivity contribution is -0.142. The zero-order chi connectivity index (χ0) is 13.4. The first-order valence-electron chi connectivity index (χ1n) is 5.71. The zero-order valence-electron chi connectivity index (χ0n) is 10.1. The third-order valence-electron chi connectivity index (χ3n) is 3.28. The van der Waals surface area contributed by atoms with Gasteiger partial charge in [0.05, 0.1) is 8.66 Å². The van der Waals surface area contributed by atoms with Crippen molar-refractivity contribution in [1.82, 2.24) is 4.90 Å². The number of likely N-dealkylation sites (tertiary alicyclic amines) is 1. The molecule has 1 saturated heterocycles. The Morgan fingerprint density at radius 3 is 2.72 bits per heavy atom. The maximum Gasteiger partial charge on any atom is 0.326 e. The molecule has 1 fully saturated rings. The zero-order valence-corrected chi connectivity index (χ0v) is 12.5. The van der Waals surface area contributed by atoms with Crippen molar-refractivity contribution in [3.05, 3.63) is 20.3 Å². The molecule has 2 unspecified atom stereocenters. The number of hydrogen-bond donors (Lipinski definition) is 1. The molecule has 1 aliphatic heterocycles. The molecule has 2 atom stereocenters. The average molecular weight is 332 g/mol. The van der Waals surface area contributed by atoms with Gasteiger partial charge in [-0.25, -0.2) is 4.79 Å². The van der Waals surface area contributed by atoms with Gasteiger partial charge in [0.15, 0.2) is 0 Å². The van der Waals surface area contributed by atoms with Gasteiger partial charge in [0.2, 0.25) is 0 Å². The second-order valence-electron chi connectivity index (χ2n) is 4.61. The van der Waals surface area contributed by atoms with Crippen molar-refractivity contribution in [1.29, 1.82) is 0 Å². The van der Waals surface area contributed by atoms with E-state index in [1.54, 1.807) is 6.07 Å². The predicted octanol–water partition coefficient (Wildman–Crippen LogP) is 2.75. The Morgan fingerprint density at radius 1 is 1.56 bits per heavy atom. The minimum absolute atomic E-state index is 0.0101. The van der Waals surface area contributed by atoms with Crippen molar-refractivity contribution in [2.24, 2.45) is 5.92 Å². The van der Waals surface area contributed by atoms with Crippen LogP contribution in [0.25, 0.3) is 0 Å². The van der Waals surface area contributed by atoms with Crippen LogP contribution in [-0.2, 0) is 4.79 Å². The van der Waals surface area contributed by atoms with Gasteiger partial charge in [-0.2, -0.15) is 0 Å². The van der Waals surface area contributed by atoms with E-state index in [9.17, 15) is 14.7 Å². The topological polar surface area (TPSA) is 57.6 Å². The minimum Gasteiger partial charge on any atom is -0.480 e. The molecule has 1 aliphatic rings. The van der Waals surface area contributed by atoms with E-state index in [0.717, 1.165) is 15.8 Å². The molecule has 4 nitrogen and oxygen atoms in total. The van der Waals surface area contributed by atoms with Crippen LogP contribution in [0.4, 0.5) is 0 Å². The second-order valence-corrected chi connectivity index (χ2v) is 6.99. The van der Waals surface area contributed by atoms with E-state index in [4.69, 9.17) is 0 Å². The summed E-state index contributed by atoms with van der Waals surface area (Å²) in [6.45, 7) is 4.31. The van der Waals surface area contributed by atoms with Crippen LogP contribution in [-0.4, -0.2) is 34.5 Å². The molecule has 6 heteroatoms. The third kappa shape index (κ3) is 2.31. The predicted molar refractivity (Wildman–Crippen MR) is 73.0 cm³/mol. The summed E-state index contributed by atoms with van der Waals surface area (Å²) in [6.07, 6.45) is 0.744. The van der Waals surface area contributed by atoms with Crippen molar-refractivity contribution in [2.45, 2.75) is 26.3 Å². The van der Waals surface area contributed by atoms with E-state index in [1.807, 2.05) is 13.8 Å². The maximum absolute atomic E-state index is 12.3. The van der Waals surface area contributed by atoms with Crippen molar-refractivity contribution < 1.29 is 14.7 Å². The number of halogens is 1. The van der Waals surface area contributed by atoms with E-state index in [1.165, 1.54) is 16.2 Å². The van der Waals surface area contributed by atoms with Crippen LogP contribution in [0.5, 0.6) is 0 Å². The molecule has 0 aromatic carbocycles. The van der Waals surface area contributed by atoms with Gasteiger partial charge in [-0.05, 0) is 46.8 Å². The second kappa shape index (κ2) is 5.01. The maximum atomic E-state index is 12.3. The van der Waals surface area contributed by atoms with Gasteiger partial charge in [0.25, 0.3) is 5.91 Å². The third-order valence-corrected chi connectivity index (χ3v) is 5.41.